The van der Waals surface area contributed by atoms with Crippen molar-refractivity contribution in [1.29, 1.82) is 0 Å². The molecule has 88 valence electrons. The number of benzene rings is 1. The lowest BCUT2D eigenvalue weighted by Crippen LogP contribution is -2.01. The van der Waals surface area contributed by atoms with Crippen LogP contribution in [0.1, 0.15) is 10.4 Å². The number of halogens is 3. The minimum absolute atomic E-state index is 0.00463. The normalized spacial score (nSPS) is 10.5. The second kappa shape index (κ2) is 4.35. The minimum atomic E-state index is -1.23. The molecule has 4 nitrogen and oxygen atoms in total. The summed E-state index contributed by atoms with van der Waals surface area (Å²) in [5.74, 6) is -1.94. The zero-order chi connectivity index (χ0) is 12.6. The summed E-state index contributed by atoms with van der Waals surface area (Å²) >= 11 is 11.4. The van der Waals surface area contributed by atoms with Crippen molar-refractivity contribution >= 4 is 29.2 Å². The van der Waals surface area contributed by atoms with Gasteiger partial charge in [-0.3, -0.25) is 0 Å². The molecule has 1 aromatic carbocycles. The Kier molecular flexibility index (Phi) is 3.04. The number of carboxylic acid groups (broad SMARTS) is 1. The molecule has 1 heterocycles. The second-order valence-corrected chi connectivity index (χ2v) is 3.90. The van der Waals surface area contributed by atoms with Gasteiger partial charge >= 0.3 is 5.97 Å². The van der Waals surface area contributed by atoms with Crippen LogP contribution in [0.5, 0.6) is 0 Å². The van der Waals surface area contributed by atoms with Crippen molar-refractivity contribution in [2.45, 2.75) is 0 Å². The van der Waals surface area contributed by atoms with Crippen LogP contribution >= 0.6 is 23.2 Å². The third kappa shape index (κ3) is 1.99. The Morgan fingerprint density at radius 2 is 2.12 bits per heavy atom. The van der Waals surface area contributed by atoms with E-state index < -0.39 is 11.8 Å². The topological polar surface area (TPSA) is 55.1 Å². The SMILES string of the molecule is O=C(O)c1cnn(-c2cccc(Cl)c2F)c1Cl. The Labute approximate surface area is 105 Å². The van der Waals surface area contributed by atoms with Gasteiger partial charge in [0.05, 0.1) is 11.2 Å². The van der Waals surface area contributed by atoms with Crippen LogP contribution in [0.3, 0.4) is 0 Å². The van der Waals surface area contributed by atoms with Crippen molar-refractivity contribution in [3.8, 4) is 5.69 Å². The summed E-state index contributed by atoms with van der Waals surface area (Å²) in [7, 11) is 0. The number of hydrogen-bond donors (Lipinski definition) is 1. The van der Waals surface area contributed by atoms with Gasteiger partial charge in [-0.2, -0.15) is 5.10 Å². The Balaban J connectivity index is 2.62. The molecule has 2 rings (SSSR count). The van der Waals surface area contributed by atoms with Gasteiger partial charge in [0.25, 0.3) is 0 Å². The van der Waals surface area contributed by atoms with Gasteiger partial charge in [0, 0.05) is 0 Å². The Bertz CT molecular complexity index is 598. The number of nitrogens with zero attached hydrogens (tertiary/aromatic N) is 2. The van der Waals surface area contributed by atoms with Crippen LogP contribution in [0.25, 0.3) is 5.69 Å². The molecule has 7 heteroatoms. The van der Waals surface area contributed by atoms with E-state index in [1.54, 1.807) is 0 Å². The lowest BCUT2D eigenvalue weighted by atomic mass is 10.3. The highest BCUT2D eigenvalue weighted by atomic mass is 35.5. The average molecular weight is 275 g/mol. The summed E-state index contributed by atoms with van der Waals surface area (Å²) in [6.07, 6.45) is 1.05. The van der Waals surface area contributed by atoms with E-state index in [0.717, 1.165) is 10.9 Å². The molecule has 0 amide bonds. The van der Waals surface area contributed by atoms with Crippen LogP contribution in [0.2, 0.25) is 10.2 Å². The zero-order valence-corrected chi connectivity index (χ0v) is 9.71. The predicted octanol–water partition coefficient (Wildman–Crippen LogP) is 3.02. The standard InChI is InChI=1S/C10H5Cl2FN2O2/c11-6-2-1-3-7(8(6)13)15-9(12)5(4-14-15)10(16)17/h1-4H,(H,16,17). The van der Waals surface area contributed by atoms with Gasteiger partial charge in [0.2, 0.25) is 0 Å². The van der Waals surface area contributed by atoms with E-state index in [0.29, 0.717) is 0 Å². The highest BCUT2D eigenvalue weighted by molar-refractivity contribution is 6.33. The zero-order valence-electron chi connectivity index (χ0n) is 8.19. The molecule has 0 bridgehead atoms. The predicted molar refractivity (Wildman–Crippen MR) is 60.5 cm³/mol. The first-order valence-electron chi connectivity index (χ1n) is 4.43. The first kappa shape index (κ1) is 11.9. The molecule has 0 spiro atoms. The van der Waals surface area contributed by atoms with Crippen molar-refractivity contribution < 1.29 is 14.3 Å². The van der Waals surface area contributed by atoms with E-state index >= 15 is 0 Å². The molecule has 1 aromatic heterocycles. The fourth-order valence-electron chi connectivity index (χ4n) is 1.30. The molecule has 0 saturated carbocycles. The fraction of sp³-hybridized carbons (Fsp3) is 0. The van der Waals surface area contributed by atoms with Crippen LogP contribution in [0, 0.1) is 5.82 Å². The maximum Gasteiger partial charge on any atom is 0.340 e. The third-order valence-electron chi connectivity index (χ3n) is 2.10. The molecule has 0 aliphatic rings. The molecule has 1 N–H and O–H groups in total. The van der Waals surface area contributed by atoms with E-state index in [1.165, 1.54) is 18.2 Å². The largest absolute Gasteiger partial charge is 0.478 e. The van der Waals surface area contributed by atoms with Crippen LogP contribution in [-0.2, 0) is 0 Å². The monoisotopic (exact) mass is 274 g/mol. The summed E-state index contributed by atoms with van der Waals surface area (Å²) in [5, 5.41) is 12.2. The molecule has 0 saturated heterocycles. The maximum absolute atomic E-state index is 13.7. The van der Waals surface area contributed by atoms with Gasteiger partial charge in [0.1, 0.15) is 16.4 Å². The molecule has 0 unspecified atom stereocenters. The van der Waals surface area contributed by atoms with Crippen molar-refractivity contribution in [3.05, 3.63) is 46.0 Å². The summed E-state index contributed by atoms with van der Waals surface area (Å²) in [4.78, 5) is 10.8. The van der Waals surface area contributed by atoms with Crippen LogP contribution in [0.15, 0.2) is 24.4 Å². The van der Waals surface area contributed by atoms with Crippen LogP contribution in [0.4, 0.5) is 4.39 Å². The van der Waals surface area contributed by atoms with Gasteiger partial charge in [-0.05, 0) is 12.1 Å². The summed E-state index contributed by atoms with van der Waals surface area (Å²) in [6, 6.07) is 4.28. The van der Waals surface area contributed by atoms with Gasteiger partial charge in [0.15, 0.2) is 5.82 Å². The fourth-order valence-corrected chi connectivity index (χ4v) is 1.73. The number of rotatable bonds is 2. The molecule has 0 radical (unpaired) electrons. The van der Waals surface area contributed by atoms with Gasteiger partial charge in [-0.15, -0.1) is 0 Å². The number of carboxylic acids is 1. The van der Waals surface area contributed by atoms with E-state index in [2.05, 4.69) is 5.10 Å². The number of carbonyl (C=O) groups is 1. The Hall–Kier alpha value is -1.59. The summed E-state index contributed by atoms with van der Waals surface area (Å²) in [5.41, 5.74) is -0.207. The molecule has 0 atom stereocenters. The number of hydrogen-bond acceptors (Lipinski definition) is 2. The van der Waals surface area contributed by atoms with Crippen molar-refractivity contribution in [3.63, 3.8) is 0 Å². The first-order chi connectivity index (χ1) is 8.02. The highest BCUT2D eigenvalue weighted by Crippen LogP contribution is 2.25. The molecule has 0 aliphatic heterocycles. The van der Waals surface area contributed by atoms with Crippen LogP contribution < -0.4 is 0 Å². The van der Waals surface area contributed by atoms with E-state index in [1.807, 2.05) is 0 Å². The van der Waals surface area contributed by atoms with Gasteiger partial charge in [-0.25, -0.2) is 13.9 Å². The Morgan fingerprint density at radius 3 is 2.71 bits per heavy atom. The average Bonchev–Trinajstić information content (AvgIpc) is 2.64. The third-order valence-corrected chi connectivity index (χ3v) is 2.76. The first-order valence-corrected chi connectivity index (χ1v) is 5.19. The molecule has 17 heavy (non-hydrogen) atoms. The second-order valence-electron chi connectivity index (χ2n) is 3.14. The lowest BCUT2D eigenvalue weighted by Gasteiger charge is -2.05. The molecule has 2 aromatic rings. The van der Waals surface area contributed by atoms with Crippen molar-refractivity contribution in [1.82, 2.24) is 9.78 Å². The highest BCUT2D eigenvalue weighted by Gasteiger charge is 2.18. The lowest BCUT2D eigenvalue weighted by molar-refractivity contribution is 0.0697. The van der Waals surface area contributed by atoms with E-state index in [4.69, 9.17) is 28.3 Å². The molecular formula is C10H5Cl2FN2O2. The number of aromatic carboxylic acids is 1. The quantitative estimate of drug-likeness (QED) is 0.916. The van der Waals surface area contributed by atoms with Crippen molar-refractivity contribution in [2.75, 3.05) is 0 Å². The number of aromatic nitrogens is 2. The van der Waals surface area contributed by atoms with E-state index in [-0.39, 0.29) is 21.4 Å². The van der Waals surface area contributed by atoms with Crippen LogP contribution in [-0.4, -0.2) is 20.9 Å². The van der Waals surface area contributed by atoms with Crippen molar-refractivity contribution in [2.24, 2.45) is 0 Å². The van der Waals surface area contributed by atoms with Gasteiger partial charge in [-0.1, -0.05) is 29.3 Å². The maximum atomic E-state index is 13.7. The summed E-state index contributed by atoms with van der Waals surface area (Å²) in [6.45, 7) is 0. The van der Waals surface area contributed by atoms with E-state index in [9.17, 15) is 9.18 Å². The van der Waals surface area contributed by atoms with Gasteiger partial charge < -0.3 is 5.11 Å². The molecule has 0 fully saturated rings. The smallest absolute Gasteiger partial charge is 0.340 e. The molecular weight excluding hydrogens is 270 g/mol. The summed E-state index contributed by atoms with van der Waals surface area (Å²) < 4.78 is 14.7. The Morgan fingerprint density at radius 1 is 1.41 bits per heavy atom. The minimum Gasteiger partial charge on any atom is -0.478 e. The molecule has 0 aliphatic carbocycles.